The summed E-state index contributed by atoms with van der Waals surface area (Å²) in [6.07, 6.45) is 0. The number of benzene rings is 2. The number of aryl methyl sites for hydroxylation is 1. The van der Waals surface area contributed by atoms with Gasteiger partial charge in [-0.1, -0.05) is 60.7 Å². The lowest BCUT2D eigenvalue weighted by Crippen LogP contribution is -2.16. The number of hydrogen-bond donors (Lipinski definition) is 2. The van der Waals surface area contributed by atoms with Crippen LogP contribution in [0.1, 0.15) is 17.3 Å². The zero-order valence-corrected chi connectivity index (χ0v) is 13.0. The number of hydrogen-bond acceptors (Lipinski definition) is 4. The Morgan fingerprint density at radius 3 is 2.26 bits per heavy atom. The van der Waals surface area contributed by atoms with Gasteiger partial charge in [-0.2, -0.15) is 0 Å². The third kappa shape index (κ3) is 3.73. The maximum absolute atomic E-state index is 9.69. The first-order chi connectivity index (χ1) is 11.3. The van der Waals surface area contributed by atoms with Crippen LogP contribution in [-0.2, 0) is 0 Å². The molecule has 4 heteroatoms. The molecule has 0 saturated heterocycles. The second-order valence-electron chi connectivity index (χ2n) is 5.37. The van der Waals surface area contributed by atoms with E-state index in [0.29, 0.717) is 11.6 Å². The Kier molecular flexibility index (Phi) is 4.64. The number of nitrogens with one attached hydrogen (secondary N) is 1. The van der Waals surface area contributed by atoms with Gasteiger partial charge < -0.3 is 10.4 Å². The van der Waals surface area contributed by atoms with Crippen molar-refractivity contribution in [3.05, 3.63) is 78.0 Å². The molecule has 0 fully saturated rings. The van der Waals surface area contributed by atoms with Crippen molar-refractivity contribution in [3.8, 4) is 11.4 Å². The Morgan fingerprint density at radius 2 is 1.61 bits per heavy atom. The summed E-state index contributed by atoms with van der Waals surface area (Å²) < 4.78 is 0. The number of aliphatic hydroxyl groups is 1. The van der Waals surface area contributed by atoms with Crippen molar-refractivity contribution in [3.63, 3.8) is 0 Å². The summed E-state index contributed by atoms with van der Waals surface area (Å²) in [5.74, 6) is 1.39. The molecule has 3 rings (SSSR count). The fourth-order valence-electron chi connectivity index (χ4n) is 2.46. The highest BCUT2D eigenvalue weighted by Gasteiger charge is 2.12. The monoisotopic (exact) mass is 305 g/mol. The van der Waals surface area contributed by atoms with E-state index in [1.165, 1.54) is 0 Å². The molecule has 0 aliphatic carbocycles. The van der Waals surface area contributed by atoms with E-state index in [4.69, 9.17) is 0 Å². The Bertz CT molecular complexity index is 760. The van der Waals surface area contributed by atoms with E-state index < -0.39 is 0 Å². The molecule has 0 radical (unpaired) electrons. The lowest BCUT2D eigenvalue weighted by molar-refractivity contribution is 0.276. The van der Waals surface area contributed by atoms with Crippen LogP contribution in [0, 0.1) is 6.92 Å². The lowest BCUT2D eigenvalue weighted by Gasteiger charge is -2.18. The molecule has 0 amide bonds. The Hall–Kier alpha value is -2.72. The molecule has 0 aliphatic heterocycles. The fraction of sp³-hybridized carbons (Fsp3) is 0.158. The van der Waals surface area contributed by atoms with Crippen molar-refractivity contribution in [1.82, 2.24) is 9.97 Å². The highest BCUT2D eigenvalue weighted by atomic mass is 16.3. The van der Waals surface area contributed by atoms with Gasteiger partial charge in [-0.3, -0.25) is 0 Å². The third-order valence-electron chi connectivity index (χ3n) is 3.59. The van der Waals surface area contributed by atoms with E-state index in [0.717, 1.165) is 16.8 Å². The quantitative estimate of drug-likeness (QED) is 0.756. The summed E-state index contributed by atoms with van der Waals surface area (Å²) >= 11 is 0. The zero-order chi connectivity index (χ0) is 16.1. The summed E-state index contributed by atoms with van der Waals surface area (Å²) in [5, 5.41) is 13.0. The van der Waals surface area contributed by atoms with Crippen molar-refractivity contribution in [2.24, 2.45) is 0 Å². The van der Waals surface area contributed by atoms with Crippen LogP contribution in [0.5, 0.6) is 0 Å². The maximum Gasteiger partial charge on any atom is 0.161 e. The molecular formula is C19H19N3O. The Labute approximate surface area is 135 Å². The predicted molar refractivity (Wildman–Crippen MR) is 92.1 cm³/mol. The van der Waals surface area contributed by atoms with Crippen molar-refractivity contribution < 1.29 is 5.11 Å². The minimum atomic E-state index is -0.200. The molecule has 116 valence electrons. The van der Waals surface area contributed by atoms with Crippen molar-refractivity contribution in [1.29, 1.82) is 0 Å². The van der Waals surface area contributed by atoms with E-state index in [1.54, 1.807) is 0 Å². The van der Waals surface area contributed by atoms with Gasteiger partial charge in [0.1, 0.15) is 5.82 Å². The van der Waals surface area contributed by atoms with Crippen molar-refractivity contribution >= 4 is 5.82 Å². The molecular weight excluding hydrogens is 286 g/mol. The topological polar surface area (TPSA) is 58.0 Å². The summed E-state index contributed by atoms with van der Waals surface area (Å²) in [6.45, 7) is 1.93. The van der Waals surface area contributed by atoms with E-state index >= 15 is 0 Å². The van der Waals surface area contributed by atoms with Gasteiger partial charge in [0.25, 0.3) is 0 Å². The normalized spacial score (nSPS) is 11.9. The van der Waals surface area contributed by atoms with Crippen LogP contribution >= 0.6 is 0 Å². The molecule has 0 unspecified atom stereocenters. The van der Waals surface area contributed by atoms with Gasteiger partial charge in [0.05, 0.1) is 12.6 Å². The number of nitrogens with zero attached hydrogens (tertiary/aromatic N) is 2. The molecule has 2 N–H and O–H groups in total. The molecule has 0 spiro atoms. The van der Waals surface area contributed by atoms with Gasteiger partial charge in [0.15, 0.2) is 5.82 Å². The molecule has 23 heavy (non-hydrogen) atoms. The van der Waals surface area contributed by atoms with Gasteiger partial charge in [-0.25, -0.2) is 9.97 Å². The van der Waals surface area contributed by atoms with Crippen LogP contribution in [0.2, 0.25) is 0 Å². The van der Waals surface area contributed by atoms with E-state index in [1.807, 2.05) is 73.7 Å². The summed E-state index contributed by atoms with van der Waals surface area (Å²) in [4.78, 5) is 9.08. The van der Waals surface area contributed by atoms with Gasteiger partial charge >= 0.3 is 0 Å². The fourth-order valence-corrected chi connectivity index (χ4v) is 2.46. The first kappa shape index (κ1) is 15.2. The highest BCUT2D eigenvalue weighted by molar-refractivity contribution is 5.57. The van der Waals surface area contributed by atoms with Crippen LogP contribution < -0.4 is 5.32 Å². The van der Waals surface area contributed by atoms with E-state index in [9.17, 15) is 5.11 Å². The first-order valence-electron chi connectivity index (χ1n) is 7.59. The molecule has 0 aliphatic rings. The summed E-state index contributed by atoms with van der Waals surface area (Å²) in [6, 6.07) is 21.4. The van der Waals surface area contributed by atoms with Crippen LogP contribution in [0.25, 0.3) is 11.4 Å². The maximum atomic E-state index is 9.69. The number of anilines is 1. The lowest BCUT2D eigenvalue weighted by atomic mass is 10.1. The standard InChI is InChI=1S/C19H19N3O/c1-14-12-18(21-17(13-23)15-8-4-2-5-9-15)22-19(20-14)16-10-6-3-7-11-16/h2-12,17,23H,13H2,1H3,(H,20,21,22)/t17-/m1/s1. The zero-order valence-electron chi connectivity index (χ0n) is 13.0. The molecule has 0 bridgehead atoms. The van der Waals surface area contributed by atoms with Gasteiger partial charge in [-0.05, 0) is 12.5 Å². The summed E-state index contributed by atoms with van der Waals surface area (Å²) in [7, 11) is 0. The highest BCUT2D eigenvalue weighted by Crippen LogP contribution is 2.21. The Morgan fingerprint density at radius 1 is 0.957 bits per heavy atom. The van der Waals surface area contributed by atoms with Gasteiger partial charge in [-0.15, -0.1) is 0 Å². The number of aliphatic hydroxyl groups excluding tert-OH is 1. The van der Waals surface area contributed by atoms with Crippen LogP contribution in [0.3, 0.4) is 0 Å². The SMILES string of the molecule is Cc1cc(N[C@H](CO)c2ccccc2)nc(-c2ccccc2)n1. The average Bonchev–Trinajstić information content (AvgIpc) is 2.61. The molecule has 1 atom stereocenters. The average molecular weight is 305 g/mol. The molecule has 3 aromatic rings. The largest absolute Gasteiger partial charge is 0.394 e. The minimum Gasteiger partial charge on any atom is -0.394 e. The van der Waals surface area contributed by atoms with E-state index in [-0.39, 0.29) is 12.6 Å². The molecule has 0 saturated carbocycles. The molecule has 1 aromatic heterocycles. The van der Waals surface area contributed by atoms with Crippen LogP contribution in [-0.4, -0.2) is 21.7 Å². The van der Waals surface area contributed by atoms with Gasteiger partial charge in [0, 0.05) is 17.3 Å². The third-order valence-corrected chi connectivity index (χ3v) is 3.59. The smallest absolute Gasteiger partial charge is 0.161 e. The van der Waals surface area contributed by atoms with Crippen LogP contribution in [0.15, 0.2) is 66.7 Å². The second kappa shape index (κ2) is 7.03. The molecule has 2 aromatic carbocycles. The number of aromatic nitrogens is 2. The second-order valence-corrected chi connectivity index (χ2v) is 5.37. The predicted octanol–water partition coefficient (Wildman–Crippen LogP) is 3.60. The molecule has 4 nitrogen and oxygen atoms in total. The van der Waals surface area contributed by atoms with E-state index in [2.05, 4.69) is 15.3 Å². The number of rotatable bonds is 5. The minimum absolute atomic E-state index is 0.00622. The molecule has 1 heterocycles. The first-order valence-corrected chi connectivity index (χ1v) is 7.59. The Balaban J connectivity index is 1.89. The van der Waals surface area contributed by atoms with Gasteiger partial charge in [0.2, 0.25) is 0 Å². The van der Waals surface area contributed by atoms with Crippen molar-refractivity contribution in [2.45, 2.75) is 13.0 Å². The summed E-state index contributed by atoms with van der Waals surface area (Å²) in [5.41, 5.74) is 2.87. The van der Waals surface area contributed by atoms with Crippen molar-refractivity contribution in [2.75, 3.05) is 11.9 Å². The van der Waals surface area contributed by atoms with Crippen LogP contribution in [0.4, 0.5) is 5.82 Å².